The fourth-order valence-electron chi connectivity index (χ4n) is 2.66. The molecule has 1 aliphatic rings. The maximum Gasteiger partial charge on any atom is 0.438 e. The highest BCUT2D eigenvalue weighted by atomic mass is 19.4. The average Bonchev–Trinajstić information content (AvgIpc) is 3.00. The van der Waals surface area contributed by atoms with Crippen LogP contribution < -0.4 is 4.74 Å². The molecular weight excluding hydrogens is 361 g/mol. The van der Waals surface area contributed by atoms with Crippen molar-refractivity contribution in [2.75, 3.05) is 6.61 Å². The second-order valence-electron chi connectivity index (χ2n) is 6.21. The van der Waals surface area contributed by atoms with Gasteiger partial charge in [-0.25, -0.2) is 0 Å². The summed E-state index contributed by atoms with van der Waals surface area (Å²) in [6.45, 7) is 1.15. The van der Waals surface area contributed by atoms with Crippen LogP contribution in [0.2, 0.25) is 0 Å². The van der Waals surface area contributed by atoms with Gasteiger partial charge in [0.2, 0.25) is 0 Å². The fraction of sp³-hybridized carbons (Fsp3) is 0.263. The fourth-order valence-corrected chi connectivity index (χ4v) is 2.66. The maximum absolute atomic E-state index is 13.5. The Morgan fingerprint density at radius 2 is 1.81 bits per heavy atom. The van der Waals surface area contributed by atoms with E-state index in [9.17, 15) is 23.1 Å². The van der Waals surface area contributed by atoms with Crippen LogP contribution in [0.25, 0.3) is 0 Å². The van der Waals surface area contributed by atoms with E-state index in [2.05, 4.69) is 5.10 Å². The van der Waals surface area contributed by atoms with Crippen LogP contribution in [0, 0.1) is 6.92 Å². The summed E-state index contributed by atoms with van der Waals surface area (Å²) >= 11 is 0. The lowest BCUT2D eigenvalue weighted by atomic mass is 10.00. The van der Waals surface area contributed by atoms with Crippen molar-refractivity contribution in [3.05, 3.63) is 65.7 Å². The van der Waals surface area contributed by atoms with Crippen molar-refractivity contribution in [1.82, 2.24) is 5.01 Å². The maximum atomic E-state index is 13.5. The molecule has 0 spiro atoms. The van der Waals surface area contributed by atoms with Crippen molar-refractivity contribution < 1.29 is 27.8 Å². The van der Waals surface area contributed by atoms with Crippen LogP contribution in [0.3, 0.4) is 0 Å². The number of rotatable bonds is 4. The predicted molar refractivity (Wildman–Crippen MR) is 92.1 cm³/mol. The molecule has 0 bridgehead atoms. The predicted octanol–water partition coefficient (Wildman–Crippen LogP) is 3.26. The molecule has 2 aromatic carbocycles. The van der Waals surface area contributed by atoms with Gasteiger partial charge in [0, 0.05) is 0 Å². The highest BCUT2D eigenvalue weighted by molar-refractivity contribution is 6.03. The summed E-state index contributed by atoms with van der Waals surface area (Å²) in [6, 6.07) is 14.8. The number of aliphatic hydroxyl groups is 1. The average molecular weight is 378 g/mol. The van der Waals surface area contributed by atoms with Crippen molar-refractivity contribution in [1.29, 1.82) is 0 Å². The molecule has 3 rings (SSSR count). The number of hydrazone groups is 1. The number of hydrogen-bond acceptors (Lipinski definition) is 4. The number of ether oxygens (including phenoxy) is 1. The first-order chi connectivity index (χ1) is 12.7. The number of para-hydroxylation sites is 1. The van der Waals surface area contributed by atoms with E-state index in [-0.39, 0.29) is 10.7 Å². The topological polar surface area (TPSA) is 62.1 Å². The molecule has 0 aromatic heterocycles. The third-order valence-electron chi connectivity index (χ3n) is 4.17. The van der Waals surface area contributed by atoms with Gasteiger partial charge in [-0.15, -0.1) is 0 Å². The zero-order chi connectivity index (χ0) is 19.7. The Bertz CT molecular complexity index is 851. The number of carbonyl (C=O) groups is 1. The molecule has 1 N–H and O–H groups in total. The Morgan fingerprint density at radius 1 is 1.19 bits per heavy atom. The van der Waals surface area contributed by atoms with Crippen molar-refractivity contribution in [2.24, 2.45) is 5.10 Å². The minimum Gasteiger partial charge on any atom is -0.484 e. The van der Waals surface area contributed by atoms with E-state index in [4.69, 9.17) is 4.74 Å². The second kappa shape index (κ2) is 7.03. The minimum atomic E-state index is -5.08. The highest BCUT2D eigenvalue weighted by Gasteiger charge is 2.63. The lowest BCUT2D eigenvalue weighted by Crippen LogP contribution is -2.57. The van der Waals surface area contributed by atoms with E-state index < -0.39 is 30.8 Å². The Labute approximate surface area is 153 Å². The molecule has 1 heterocycles. The number of nitrogens with zero attached hydrogens (tertiary/aromatic N) is 2. The van der Waals surface area contributed by atoms with Crippen LogP contribution in [0.15, 0.2) is 59.7 Å². The molecule has 27 heavy (non-hydrogen) atoms. The van der Waals surface area contributed by atoms with Crippen LogP contribution in [0.4, 0.5) is 13.2 Å². The van der Waals surface area contributed by atoms with Gasteiger partial charge in [-0.2, -0.15) is 23.3 Å². The summed E-state index contributed by atoms with van der Waals surface area (Å²) in [4.78, 5) is 12.3. The van der Waals surface area contributed by atoms with E-state index in [1.54, 1.807) is 54.6 Å². The lowest BCUT2D eigenvalue weighted by Gasteiger charge is -2.32. The van der Waals surface area contributed by atoms with Crippen LogP contribution in [0.5, 0.6) is 5.75 Å². The van der Waals surface area contributed by atoms with Gasteiger partial charge < -0.3 is 9.84 Å². The van der Waals surface area contributed by atoms with Crippen LogP contribution in [-0.2, 0) is 4.79 Å². The van der Waals surface area contributed by atoms with E-state index in [1.807, 2.05) is 6.92 Å². The molecule has 0 saturated carbocycles. The number of benzene rings is 2. The molecule has 1 aliphatic heterocycles. The summed E-state index contributed by atoms with van der Waals surface area (Å²) in [7, 11) is 0. The summed E-state index contributed by atoms with van der Waals surface area (Å²) < 4.78 is 45.7. The Morgan fingerprint density at radius 3 is 2.41 bits per heavy atom. The monoisotopic (exact) mass is 378 g/mol. The zero-order valence-corrected chi connectivity index (χ0v) is 14.4. The summed E-state index contributed by atoms with van der Waals surface area (Å²) in [6.07, 6.45) is -5.93. The van der Waals surface area contributed by atoms with Crippen molar-refractivity contribution in [3.63, 3.8) is 0 Å². The molecule has 2 aromatic rings. The van der Waals surface area contributed by atoms with Gasteiger partial charge >= 0.3 is 6.18 Å². The smallest absolute Gasteiger partial charge is 0.438 e. The van der Waals surface area contributed by atoms with Gasteiger partial charge in [0.25, 0.3) is 11.6 Å². The van der Waals surface area contributed by atoms with Crippen LogP contribution in [0.1, 0.15) is 17.5 Å². The molecule has 0 saturated heterocycles. The largest absolute Gasteiger partial charge is 0.484 e. The molecule has 1 atom stereocenters. The van der Waals surface area contributed by atoms with Crippen LogP contribution >= 0.6 is 0 Å². The Hall–Kier alpha value is -2.87. The quantitative estimate of drug-likeness (QED) is 0.888. The first-order valence-electron chi connectivity index (χ1n) is 8.15. The van der Waals surface area contributed by atoms with E-state index in [0.29, 0.717) is 11.3 Å². The molecular formula is C19H17F3N2O3. The van der Waals surface area contributed by atoms with Crippen molar-refractivity contribution in [2.45, 2.75) is 25.2 Å². The molecule has 8 heteroatoms. The van der Waals surface area contributed by atoms with Gasteiger partial charge in [0.1, 0.15) is 5.75 Å². The number of hydrogen-bond donors (Lipinski definition) is 1. The molecule has 0 unspecified atom stereocenters. The zero-order valence-electron chi connectivity index (χ0n) is 14.4. The summed E-state index contributed by atoms with van der Waals surface area (Å²) in [5, 5.41) is 14.1. The number of aryl methyl sites for hydroxylation is 1. The Balaban J connectivity index is 1.85. The molecule has 5 nitrogen and oxygen atoms in total. The molecule has 1 amide bonds. The normalized spacial score (nSPS) is 19.7. The summed E-state index contributed by atoms with van der Waals surface area (Å²) in [5.74, 6) is -0.774. The molecule has 142 valence electrons. The van der Waals surface area contributed by atoms with E-state index >= 15 is 0 Å². The van der Waals surface area contributed by atoms with Gasteiger partial charge in [-0.1, -0.05) is 48.0 Å². The highest BCUT2D eigenvalue weighted by Crippen LogP contribution is 2.41. The SMILES string of the molecule is Cc1ccc(C2=NN(C(=O)COc3ccccc3)[C@](O)(C(F)(F)F)C2)cc1. The van der Waals surface area contributed by atoms with Gasteiger partial charge in [0.05, 0.1) is 12.1 Å². The lowest BCUT2D eigenvalue weighted by molar-refractivity contribution is -0.302. The third kappa shape index (κ3) is 3.80. The van der Waals surface area contributed by atoms with E-state index in [0.717, 1.165) is 5.56 Å². The standard InChI is InChI=1S/C19H17F3N2O3/c1-13-7-9-14(10-8-13)16-11-18(26,19(20,21)22)24(23-16)17(25)12-27-15-5-3-2-4-6-15/h2-10,26H,11-12H2,1H3/t18-/m1/s1. The van der Waals surface area contributed by atoms with Gasteiger partial charge in [-0.05, 0) is 24.6 Å². The number of carbonyl (C=O) groups excluding carboxylic acids is 1. The number of amides is 1. The molecule has 0 fully saturated rings. The van der Waals surface area contributed by atoms with E-state index in [1.165, 1.54) is 0 Å². The molecule has 0 aliphatic carbocycles. The number of alkyl halides is 3. The summed E-state index contributed by atoms with van der Waals surface area (Å²) in [5.41, 5.74) is -2.11. The van der Waals surface area contributed by atoms with Gasteiger partial charge in [0.15, 0.2) is 6.61 Å². The second-order valence-corrected chi connectivity index (χ2v) is 6.21. The minimum absolute atomic E-state index is 0.0251. The van der Waals surface area contributed by atoms with Crippen molar-refractivity contribution >= 4 is 11.6 Å². The third-order valence-corrected chi connectivity index (χ3v) is 4.17. The first kappa shape index (κ1) is 18.9. The Kier molecular flexibility index (Phi) is 4.93. The van der Waals surface area contributed by atoms with Crippen molar-refractivity contribution in [3.8, 4) is 5.75 Å². The first-order valence-corrected chi connectivity index (χ1v) is 8.15. The van der Waals surface area contributed by atoms with Gasteiger partial charge in [-0.3, -0.25) is 4.79 Å². The number of halogens is 3. The molecule has 0 radical (unpaired) electrons. The van der Waals surface area contributed by atoms with Crippen LogP contribution in [-0.4, -0.2) is 40.2 Å².